The van der Waals surface area contributed by atoms with Crippen molar-refractivity contribution in [3.63, 3.8) is 0 Å². The Morgan fingerprint density at radius 3 is 2.94 bits per heavy atom. The summed E-state index contributed by atoms with van der Waals surface area (Å²) in [6.07, 6.45) is 2.62. The summed E-state index contributed by atoms with van der Waals surface area (Å²) in [5.41, 5.74) is 4.57. The molecule has 2 nitrogen and oxygen atoms in total. The van der Waals surface area contributed by atoms with Crippen molar-refractivity contribution in [1.29, 1.82) is 0 Å². The summed E-state index contributed by atoms with van der Waals surface area (Å²) >= 11 is 0. The van der Waals surface area contributed by atoms with Crippen LogP contribution in [-0.2, 0) is 13.1 Å². The molecule has 0 aliphatic carbocycles. The molecular weight excluding hydrogens is 196 g/mol. The van der Waals surface area contributed by atoms with Gasteiger partial charge in [-0.05, 0) is 42.6 Å². The standard InChI is InChI=1S/C14H20N2/c1-2-16-9-12-6-5-11(8-13(12)10-16)14-4-3-7-15-14/h5-6,8,14-15H,2-4,7,9-10H2,1H3. The Hall–Kier alpha value is -0.860. The van der Waals surface area contributed by atoms with Crippen LogP contribution in [-0.4, -0.2) is 18.0 Å². The molecule has 2 aliphatic heterocycles. The number of nitrogens with zero attached hydrogens (tertiary/aromatic N) is 1. The number of benzene rings is 1. The highest BCUT2D eigenvalue weighted by Gasteiger charge is 2.21. The molecule has 2 heteroatoms. The highest BCUT2D eigenvalue weighted by atomic mass is 15.1. The van der Waals surface area contributed by atoms with Crippen molar-refractivity contribution >= 4 is 0 Å². The second kappa shape index (κ2) is 4.19. The Labute approximate surface area is 97.6 Å². The lowest BCUT2D eigenvalue weighted by molar-refractivity contribution is 0.301. The zero-order valence-electron chi connectivity index (χ0n) is 10.00. The summed E-state index contributed by atoms with van der Waals surface area (Å²) in [4.78, 5) is 2.50. The van der Waals surface area contributed by atoms with Crippen molar-refractivity contribution in [2.45, 2.75) is 38.9 Å². The van der Waals surface area contributed by atoms with Crippen LogP contribution in [0.3, 0.4) is 0 Å². The first kappa shape index (κ1) is 10.3. The van der Waals surface area contributed by atoms with E-state index in [4.69, 9.17) is 0 Å². The van der Waals surface area contributed by atoms with E-state index in [0.29, 0.717) is 6.04 Å². The molecule has 1 aromatic carbocycles. The quantitative estimate of drug-likeness (QED) is 0.817. The van der Waals surface area contributed by atoms with Gasteiger partial charge in [0.15, 0.2) is 0 Å². The Morgan fingerprint density at radius 1 is 1.31 bits per heavy atom. The van der Waals surface area contributed by atoms with E-state index in [9.17, 15) is 0 Å². The van der Waals surface area contributed by atoms with Crippen molar-refractivity contribution < 1.29 is 0 Å². The highest BCUT2D eigenvalue weighted by molar-refractivity contribution is 5.36. The van der Waals surface area contributed by atoms with Crippen LogP contribution in [0.5, 0.6) is 0 Å². The highest BCUT2D eigenvalue weighted by Crippen LogP contribution is 2.29. The van der Waals surface area contributed by atoms with E-state index in [0.717, 1.165) is 19.6 Å². The van der Waals surface area contributed by atoms with Gasteiger partial charge >= 0.3 is 0 Å². The van der Waals surface area contributed by atoms with Gasteiger partial charge in [-0.3, -0.25) is 4.90 Å². The van der Waals surface area contributed by atoms with Crippen molar-refractivity contribution in [3.05, 3.63) is 34.9 Å². The summed E-state index contributed by atoms with van der Waals surface area (Å²) in [6, 6.07) is 7.69. The van der Waals surface area contributed by atoms with Crippen LogP contribution in [0.25, 0.3) is 0 Å². The van der Waals surface area contributed by atoms with E-state index in [1.165, 1.54) is 30.5 Å². The van der Waals surface area contributed by atoms with Gasteiger partial charge in [0.1, 0.15) is 0 Å². The van der Waals surface area contributed by atoms with Crippen LogP contribution >= 0.6 is 0 Å². The van der Waals surface area contributed by atoms with Crippen molar-refractivity contribution in [2.75, 3.05) is 13.1 Å². The maximum Gasteiger partial charge on any atom is 0.0320 e. The zero-order chi connectivity index (χ0) is 11.0. The average Bonchev–Trinajstić information content (AvgIpc) is 2.96. The summed E-state index contributed by atoms with van der Waals surface area (Å²) in [6.45, 7) is 6.87. The number of nitrogens with one attached hydrogen (secondary N) is 1. The molecular formula is C14H20N2. The van der Waals surface area contributed by atoms with Crippen LogP contribution in [0.4, 0.5) is 0 Å². The predicted molar refractivity (Wildman–Crippen MR) is 66.2 cm³/mol. The normalized spacial score (nSPS) is 24.9. The second-order valence-electron chi connectivity index (χ2n) is 4.98. The van der Waals surface area contributed by atoms with Gasteiger partial charge in [-0.2, -0.15) is 0 Å². The minimum absolute atomic E-state index is 0.612. The Bertz CT molecular complexity index is 380. The number of fused-ring (bicyclic) bond motifs is 1. The van der Waals surface area contributed by atoms with Crippen LogP contribution in [0, 0.1) is 0 Å². The molecule has 2 aliphatic rings. The lowest BCUT2D eigenvalue weighted by Crippen LogP contribution is -2.14. The molecule has 1 atom stereocenters. The molecule has 1 fully saturated rings. The minimum atomic E-state index is 0.612. The van der Waals surface area contributed by atoms with E-state index >= 15 is 0 Å². The van der Waals surface area contributed by atoms with Crippen LogP contribution in [0.1, 0.15) is 42.5 Å². The molecule has 86 valence electrons. The van der Waals surface area contributed by atoms with Gasteiger partial charge in [0.05, 0.1) is 0 Å². The fourth-order valence-corrected chi connectivity index (χ4v) is 2.89. The van der Waals surface area contributed by atoms with Gasteiger partial charge in [-0.1, -0.05) is 25.1 Å². The van der Waals surface area contributed by atoms with E-state index in [1.54, 1.807) is 5.56 Å². The first-order valence-electron chi connectivity index (χ1n) is 6.44. The minimum Gasteiger partial charge on any atom is -0.310 e. The zero-order valence-corrected chi connectivity index (χ0v) is 10.00. The maximum atomic E-state index is 3.58. The molecule has 0 bridgehead atoms. The van der Waals surface area contributed by atoms with Gasteiger partial charge in [-0.25, -0.2) is 0 Å². The lowest BCUT2D eigenvalue weighted by Gasteiger charge is -2.12. The second-order valence-corrected chi connectivity index (χ2v) is 4.98. The third-order valence-corrected chi connectivity index (χ3v) is 3.93. The average molecular weight is 216 g/mol. The Morgan fingerprint density at radius 2 is 2.19 bits per heavy atom. The van der Waals surface area contributed by atoms with Gasteiger partial charge in [0.2, 0.25) is 0 Å². The topological polar surface area (TPSA) is 15.3 Å². The third-order valence-electron chi connectivity index (χ3n) is 3.93. The van der Waals surface area contributed by atoms with E-state index in [2.05, 4.69) is 35.3 Å². The van der Waals surface area contributed by atoms with Gasteiger partial charge in [0.25, 0.3) is 0 Å². The molecule has 2 heterocycles. The monoisotopic (exact) mass is 216 g/mol. The van der Waals surface area contributed by atoms with E-state index in [-0.39, 0.29) is 0 Å². The molecule has 1 saturated heterocycles. The fraction of sp³-hybridized carbons (Fsp3) is 0.571. The predicted octanol–water partition coefficient (Wildman–Crippen LogP) is 2.45. The summed E-state index contributed by atoms with van der Waals surface area (Å²) in [5.74, 6) is 0. The Kier molecular flexibility index (Phi) is 2.70. The van der Waals surface area contributed by atoms with Crippen molar-refractivity contribution in [2.24, 2.45) is 0 Å². The molecule has 0 amide bonds. The summed E-state index contributed by atoms with van der Waals surface area (Å²) < 4.78 is 0. The van der Waals surface area contributed by atoms with Crippen LogP contribution in [0.2, 0.25) is 0 Å². The largest absolute Gasteiger partial charge is 0.310 e. The van der Waals surface area contributed by atoms with Gasteiger partial charge < -0.3 is 5.32 Å². The molecule has 0 spiro atoms. The number of rotatable bonds is 2. The summed E-state index contributed by atoms with van der Waals surface area (Å²) in [5, 5.41) is 3.58. The Balaban J connectivity index is 1.84. The van der Waals surface area contributed by atoms with Gasteiger partial charge in [0, 0.05) is 19.1 Å². The number of hydrogen-bond donors (Lipinski definition) is 1. The molecule has 1 unspecified atom stereocenters. The van der Waals surface area contributed by atoms with Gasteiger partial charge in [-0.15, -0.1) is 0 Å². The van der Waals surface area contributed by atoms with Crippen LogP contribution in [0.15, 0.2) is 18.2 Å². The molecule has 0 saturated carbocycles. The van der Waals surface area contributed by atoms with E-state index in [1.807, 2.05) is 0 Å². The van der Waals surface area contributed by atoms with Crippen molar-refractivity contribution in [1.82, 2.24) is 10.2 Å². The maximum absolute atomic E-state index is 3.58. The SMILES string of the molecule is CCN1Cc2ccc(C3CCCN3)cc2C1. The first-order valence-corrected chi connectivity index (χ1v) is 6.44. The van der Waals surface area contributed by atoms with E-state index < -0.39 is 0 Å². The first-order chi connectivity index (χ1) is 7.86. The molecule has 1 aromatic rings. The molecule has 1 N–H and O–H groups in total. The fourth-order valence-electron chi connectivity index (χ4n) is 2.89. The number of hydrogen-bond acceptors (Lipinski definition) is 2. The smallest absolute Gasteiger partial charge is 0.0320 e. The molecule has 16 heavy (non-hydrogen) atoms. The molecule has 0 radical (unpaired) electrons. The third kappa shape index (κ3) is 1.76. The summed E-state index contributed by atoms with van der Waals surface area (Å²) in [7, 11) is 0. The molecule has 0 aromatic heterocycles. The lowest BCUT2D eigenvalue weighted by atomic mass is 10.0. The van der Waals surface area contributed by atoms with Crippen LogP contribution < -0.4 is 5.32 Å². The molecule has 3 rings (SSSR count). The van der Waals surface area contributed by atoms with Crippen molar-refractivity contribution in [3.8, 4) is 0 Å².